The number of nitrogens with zero attached hydrogens (tertiary/aromatic N) is 1. The van der Waals surface area contributed by atoms with Crippen molar-refractivity contribution in [3.63, 3.8) is 0 Å². The van der Waals surface area contributed by atoms with Crippen LogP contribution >= 0.6 is 12.4 Å². The van der Waals surface area contributed by atoms with Crippen LogP contribution in [0.3, 0.4) is 0 Å². The minimum atomic E-state index is 0. The monoisotopic (exact) mass is 298 g/mol. The molecule has 1 aliphatic heterocycles. The van der Waals surface area contributed by atoms with Crippen LogP contribution in [0.15, 0.2) is 24.3 Å². The summed E-state index contributed by atoms with van der Waals surface area (Å²) in [6.45, 7) is 2.31. The smallest absolute Gasteiger partial charge is 0.227 e. The van der Waals surface area contributed by atoms with Crippen LogP contribution in [0.2, 0.25) is 0 Å². The zero-order valence-electron chi connectivity index (χ0n) is 11.9. The summed E-state index contributed by atoms with van der Waals surface area (Å²) in [5, 5.41) is 0. The summed E-state index contributed by atoms with van der Waals surface area (Å²) in [5.74, 6) is 1.40. The lowest BCUT2D eigenvalue weighted by atomic mass is 9.97. The number of rotatable bonds is 4. The number of nitrogens with two attached hydrogens (primary N) is 1. The predicted molar refractivity (Wildman–Crippen MR) is 82.3 cm³/mol. The Labute approximate surface area is 126 Å². The van der Waals surface area contributed by atoms with Crippen molar-refractivity contribution in [1.82, 2.24) is 4.90 Å². The fourth-order valence-corrected chi connectivity index (χ4v) is 2.61. The van der Waals surface area contributed by atoms with Gasteiger partial charge in [0.25, 0.3) is 0 Å². The van der Waals surface area contributed by atoms with E-state index >= 15 is 0 Å². The average Bonchev–Trinajstić information content (AvgIpc) is 2.47. The summed E-state index contributed by atoms with van der Waals surface area (Å²) in [5.41, 5.74) is 6.65. The lowest BCUT2D eigenvalue weighted by Crippen LogP contribution is -2.42. The highest BCUT2D eigenvalue weighted by Gasteiger charge is 2.23. The summed E-state index contributed by atoms with van der Waals surface area (Å²) < 4.78 is 5.29. The van der Waals surface area contributed by atoms with Crippen molar-refractivity contribution >= 4 is 18.3 Å². The molecule has 1 heterocycles. The largest absolute Gasteiger partial charge is 0.496 e. The Morgan fingerprint density at radius 3 is 2.90 bits per heavy atom. The van der Waals surface area contributed by atoms with Crippen LogP contribution in [-0.4, -0.2) is 37.6 Å². The van der Waals surface area contributed by atoms with Crippen LogP contribution in [0.4, 0.5) is 0 Å². The van der Waals surface area contributed by atoms with Crippen molar-refractivity contribution in [2.24, 2.45) is 11.7 Å². The van der Waals surface area contributed by atoms with Crippen molar-refractivity contribution < 1.29 is 9.53 Å². The molecule has 1 fully saturated rings. The van der Waals surface area contributed by atoms with Gasteiger partial charge in [-0.1, -0.05) is 18.2 Å². The molecule has 0 bridgehead atoms. The second-order valence-corrected chi connectivity index (χ2v) is 5.07. The maximum absolute atomic E-state index is 12.3. The van der Waals surface area contributed by atoms with Crippen molar-refractivity contribution in [1.29, 1.82) is 0 Å². The molecule has 0 aromatic heterocycles. The maximum atomic E-state index is 12.3. The molecule has 1 aromatic carbocycles. The van der Waals surface area contributed by atoms with Gasteiger partial charge >= 0.3 is 0 Å². The number of carbonyl (C=O) groups is 1. The molecule has 20 heavy (non-hydrogen) atoms. The lowest BCUT2D eigenvalue weighted by molar-refractivity contribution is -0.132. The Morgan fingerprint density at radius 1 is 1.45 bits per heavy atom. The van der Waals surface area contributed by atoms with E-state index in [1.54, 1.807) is 7.11 Å². The van der Waals surface area contributed by atoms with Gasteiger partial charge in [0.15, 0.2) is 0 Å². The Balaban J connectivity index is 0.00000200. The number of piperidine rings is 1. The Kier molecular flexibility index (Phi) is 6.82. The van der Waals surface area contributed by atoms with Gasteiger partial charge in [-0.2, -0.15) is 0 Å². The molecule has 1 aliphatic rings. The summed E-state index contributed by atoms with van der Waals surface area (Å²) in [4.78, 5) is 14.3. The van der Waals surface area contributed by atoms with Gasteiger partial charge in [0.1, 0.15) is 5.75 Å². The van der Waals surface area contributed by atoms with Crippen LogP contribution in [0.5, 0.6) is 5.75 Å². The fourth-order valence-electron chi connectivity index (χ4n) is 2.61. The minimum Gasteiger partial charge on any atom is -0.496 e. The summed E-state index contributed by atoms with van der Waals surface area (Å²) in [6.07, 6.45) is 2.59. The number of para-hydroxylation sites is 1. The van der Waals surface area contributed by atoms with E-state index in [1.165, 1.54) is 0 Å². The zero-order chi connectivity index (χ0) is 13.7. The highest BCUT2D eigenvalue weighted by molar-refractivity contribution is 5.85. The number of benzene rings is 1. The second-order valence-electron chi connectivity index (χ2n) is 5.07. The van der Waals surface area contributed by atoms with E-state index in [0.717, 1.165) is 37.2 Å². The molecular weight excluding hydrogens is 276 g/mol. The molecule has 5 heteroatoms. The average molecular weight is 299 g/mol. The summed E-state index contributed by atoms with van der Waals surface area (Å²) in [7, 11) is 1.63. The van der Waals surface area contributed by atoms with E-state index in [4.69, 9.17) is 10.5 Å². The van der Waals surface area contributed by atoms with E-state index in [9.17, 15) is 4.79 Å². The molecular formula is C15H23ClN2O2. The van der Waals surface area contributed by atoms with Crippen molar-refractivity contribution in [2.45, 2.75) is 19.3 Å². The van der Waals surface area contributed by atoms with Gasteiger partial charge in [-0.3, -0.25) is 4.79 Å². The standard InChI is InChI=1S/C15H22N2O2.ClH/c1-19-14-7-3-2-6-13(14)9-15(18)17-8-4-5-12(10-16)11-17;/h2-3,6-7,12H,4-5,8-11,16H2,1H3;1H. The van der Waals surface area contributed by atoms with Gasteiger partial charge < -0.3 is 15.4 Å². The number of hydrogen-bond donors (Lipinski definition) is 1. The van der Waals surface area contributed by atoms with Gasteiger partial charge in [-0.25, -0.2) is 0 Å². The molecule has 0 radical (unpaired) electrons. The lowest BCUT2D eigenvalue weighted by Gasteiger charge is -2.32. The molecule has 1 aromatic rings. The SMILES string of the molecule is COc1ccccc1CC(=O)N1CCCC(CN)C1.Cl. The summed E-state index contributed by atoms with van der Waals surface area (Å²) in [6, 6.07) is 7.69. The Morgan fingerprint density at radius 2 is 2.20 bits per heavy atom. The van der Waals surface area contributed by atoms with E-state index in [2.05, 4.69) is 0 Å². The molecule has 1 saturated heterocycles. The fraction of sp³-hybridized carbons (Fsp3) is 0.533. The second kappa shape index (κ2) is 8.12. The van der Waals surface area contributed by atoms with E-state index in [-0.39, 0.29) is 18.3 Å². The topological polar surface area (TPSA) is 55.6 Å². The molecule has 4 nitrogen and oxygen atoms in total. The minimum absolute atomic E-state index is 0. The molecule has 0 saturated carbocycles. The van der Waals surface area contributed by atoms with Crippen molar-refractivity contribution in [2.75, 3.05) is 26.7 Å². The molecule has 1 unspecified atom stereocenters. The van der Waals surface area contributed by atoms with Crippen LogP contribution in [0.25, 0.3) is 0 Å². The first-order valence-electron chi connectivity index (χ1n) is 6.84. The maximum Gasteiger partial charge on any atom is 0.227 e. The van der Waals surface area contributed by atoms with Gasteiger partial charge in [0, 0.05) is 18.7 Å². The zero-order valence-corrected chi connectivity index (χ0v) is 12.7. The number of amides is 1. The Hall–Kier alpha value is -1.26. The third kappa shape index (κ3) is 4.12. The van der Waals surface area contributed by atoms with Gasteiger partial charge in [0.05, 0.1) is 13.5 Å². The quantitative estimate of drug-likeness (QED) is 0.923. The summed E-state index contributed by atoms with van der Waals surface area (Å²) >= 11 is 0. The molecule has 112 valence electrons. The molecule has 1 amide bonds. The molecule has 1 atom stereocenters. The van der Waals surface area contributed by atoms with Gasteiger partial charge in [-0.05, 0) is 31.4 Å². The number of likely N-dealkylation sites (tertiary alicyclic amines) is 1. The van der Waals surface area contributed by atoms with Crippen LogP contribution in [0, 0.1) is 5.92 Å². The molecule has 0 aliphatic carbocycles. The third-order valence-corrected chi connectivity index (χ3v) is 3.74. The molecule has 2 N–H and O–H groups in total. The Bertz CT molecular complexity index is 440. The number of halogens is 1. The first-order valence-corrected chi connectivity index (χ1v) is 6.84. The van der Waals surface area contributed by atoms with Gasteiger partial charge in [-0.15, -0.1) is 12.4 Å². The molecule has 0 spiro atoms. The first kappa shape index (κ1) is 16.8. The number of carbonyl (C=O) groups excluding carboxylic acids is 1. The van der Waals surface area contributed by atoms with Crippen LogP contribution < -0.4 is 10.5 Å². The van der Waals surface area contributed by atoms with Crippen molar-refractivity contribution in [3.05, 3.63) is 29.8 Å². The third-order valence-electron chi connectivity index (χ3n) is 3.74. The van der Waals surface area contributed by atoms with Gasteiger partial charge in [0.2, 0.25) is 5.91 Å². The normalized spacial score (nSPS) is 18.3. The van der Waals surface area contributed by atoms with E-state index < -0.39 is 0 Å². The first-order chi connectivity index (χ1) is 9.24. The number of hydrogen-bond acceptors (Lipinski definition) is 3. The van der Waals surface area contributed by atoms with Crippen molar-refractivity contribution in [3.8, 4) is 5.75 Å². The number of methoxy groups -OCH3 is 1. The highest BCUT2D eigenvalue weighted by Crippen LogP contribution is 2.21. The van der Waals surface area contributed by atoms with Crippen LogP contribution in [-0.2, 0) is 11.2 Å². The molecule has 2 rings (SSSR count). The highest BCUT2D eigenvalue weighted by atomic mass is 35.5. The van der Waals surface area contributed by atoms with Crippen LogP contribution in [0.1, 0.15) is 18.4 Å². The number of ether oxygens (including phenoxy) is 1. The van der Waals surface area contributed by atoms with E-state index in [0.29, 0.717) is 18.9 Å². The van der Waals surface area contributed by atoms with E-state index in [1.807, 2.05) is 29.2 Å². The predicted octanol–water partition coefficient (Wildman–Crippen LogP) is 1.86.